The number of benzene rings is 1. The van der Waals surface area contributed by atoms with Gasteiger partial charge in [-0.25, -0.2) is 0 Å². The van der Waals surface area contributed by atoms with Crippen LogP contribution in [-0.4, -0.2) is 74.1 Å². The van der Waals surface area contributed by atoms with Gasteiger partial charge in [0.2, 0.25) is 6.41 Å². The molecule has 1 heterocycles. The maximum atomic E-state index is 14.6. The Morgan fingerprint density at radius 1 is 1.17 bits per heavy atom. The fourth-order valence-corrected chi connectivity index (χ4v) is 8.20. The number of amides is 1. The van der Waals surface area contributed by atoms with Crippen molar-refractivity contribution in [1.82, 2.24) is 5.32 Å². The molecule has 1 amide bonds. The molecule has 0 radical (unpaired) electrons. The van der Waals surface area contributed by atoms with Crippen LogP contribution in [0.2, 0.25) is 0 Å². The van der Waals surface area contributed by atoms with Crippen LogP contribution in [0, 0.1) is 22.7 Å². The zero-order valence-corrected chi connectivity index (χ0v) is 24.8. The summed E-state index contributed by atoms with van der Waals surface area (Å²) in [6.07, 6.45) is -0.447. The molecule has 1 aromatic rings. The number of fused-ring (bicyclic) bond motifs is 5. The summed E-state index contributed by atoms with van der Waals surface area (Å²) < 4.78 is 23.8. The zero-order chi connectivity index (χ0) is 29.7. The fourth-order valence-electron chi connectivity index (χ4n) is 8.20. The first kappa shape index (κ1) is 29.9. The van der Waals surface area contributed by atoms with Crippen molar-refractivity contribution in [3.63, 3.8) is 0 Å². The number of carbonyl (C=O) groups is 3. The first-order valence-corrected chi connectivity index (χ1v) is 14.5. The molecule has 5 rings (SSSR count). The molecule has 2 N–H and O–H groups in total. The lowest BCUT2D eigenvalue weighted by Crippen LogP contribution is -2.69. The van der Waals surface area contributed by atoms with Crippen molar-refractivity contribution in [3.8, 4) is 0 Å². The number of esters is 1. The molecule has 1 saturated heterocycles. The number of aliphatic hydroxyl groups is 1. The van der Waals surface area contributed by atoms with E-state index in [-0.39, 0.29) is 42.7 Å². The number of Topliss-reactive ketones (excluding diaryl/α,β-unsaturated/α-hetero) is 1. The van der Waals surface area contributed by atoms with Crippen LogP contribution in [0.3, 0.4) is 0 Å². The lowest BCUT2D eigenvalue weighted by molar-refractivity contribution is -0.247. The second-order valence-corrected chi connectivity index (χ2v) is 13.0. The van der Waals surface area contributed by atoms with Crippen LogP contribution < -0.4 is 5.32 Å². The van der Waals surface area contributed by atoms with E-state index in [9.17, 15) is 19.5 Å². The Balaban J connectivity index is 1.52. The second-order valence-electron chi connectivity index (χ2n) is 13.0. The second kappa shape index (κ2) is 10.9. The molecule has 41 heavy (non-hydrogen) atoms. The van der Waals surface area contributed by atoms with E-state index in [2.05, 4.69) is 5.32 Å². The normalized spacial score (nSPS) is 38.4. The molecule has 224 valence electrons. The van der Waals surface area contributed by atoms with Gasteiger partial charge in [0.05, 0.1) is 42.3 Å². The number of hydrogen-bond donors (Lipinski definition) is 2. The highest BCUT2D eigenvalue weighted by molar-refractivity contribution is 5.93. The predicted octanol–water partition coefficient (Wildman–Crippen LogP) is 3.30. The molecule has 3 fully saturated rings. The van der Waals surface area contributed by atoms with Gasteiger partial charge in [0, 0.05) is 38.4 Å². The third-order valence-corrected chi connectivity index (χ3v) is 10.9. The Bertz CT molecular complexity index is 1210. The van der Waals surface area contributed by atoms with E-state index in [1.807, 2.05) is 58.0 Å². The van der Waals surface area contributed by atoms with Gasteiger partial charge in [0.25, 0.3) is 0 Å². The van der Waals surface area contributed by atoms with Gasteiger partial charge in [-0.05, 0) is 42.9 Å². The highest BCUT2D eigenvalue weighted by atomic mass is 16.5. The van der Waals surface area contributed by atoms with Crippen LogP contribution >= 0.6 is 0 Å². The van der Waals surface area contributed by atoms with Crippen LogP contribution in [0.5, 0.6) is 0 Å². The van der Waals surface area contributed by atoms with E-state index in [4.69, 9.17) is 18.9 Å². The Hall–Kier alpha value is -2.59. The molecule has 3 aliphatic carbocycles. The highest BCUT2D eigenvalue weighted by Crippen LogP contribution is 2.62. The number of ether oxygens (including phenoxy) is 4. The van der Waals surface area contributed by atoms with Gasteiger partial charge in [-0.15, -0.1) is 0 Å². The lowest BCUT2D eigenvalue weighted by atomic mass is 9.47. The van der Waals surface area contributed by atoms with E-state index < -0.39 is 40.7 Å². The SMILES string of the molecule is COC1C(=O)C2(C)C(OC)C[C@H]3OCC3C2CC2(O)C[C@H](OC(=O)CC(NC=O)c3ccccc3)C(C)=C1C2(C)C. The molecule has 0 spiro atoms. The van der Waals surface area contributed by atoms with Gasteiger partial charge in [-0.1, -0.05) is 44.2 Å². The van der Waals surface area contributed by atoms with Crippen LogP contribution in [0.1, 0.15) is 65.0 Å². The maximum Gasteiger partial charge on any atom is 0.308 e. The number of hydrogen-bond acceptors (Lipinski definition) is 8. The van der Waals surface area contributed by atoms with Crippen molar-refractivity contribution >= 4 is 18.2 Å². The molecular weight excluding hydrogens is 526 g/mol. The lowest BCUT2D eigenvalue weighted by Gasteiger charge is -2.63. The minimum atomic E-state index is -1.30. The van der Waals surface area contributed by atoms with E-state index in [1.54, 1.807) is 7.11 Å². The molecule has 2 bridgehead atoms. The average Bonchev–Trinajstić information content (AvgIpc) is 2.92. The molecule has 7 unspecified atom stereocenters. The molecule has 9 atom stereocenters. The van der Waals surface area contributed by atoms with Crippen molar-refractivity contribution in [1.29, 1.82) is 0 Å². The topological polar surface area (TPSA) is 120 Å². The summed E-state index contributed by atoms with van der Waals surface area (Å²) in [6, 6.07) is 8.67. The number of methoxy groups -OCH3 is 2. The first-order chi connectivity index (χ1) is 19.4. The molecular formula is C32H43NO8. The van der Waals surface area contributed by atoms with Crippen LogP contribution in [0.15, 0.2) is 41.5 Å². The standard InChI is InChI=1S/C32H43NO8/c1-18-24(41-26(35)12-22(33-17-34)19-10-8-7-9-11-19)15-32(37)14-21-20-16-40-23(20)13-25(38-5)31(21,4)29(36)28(39-6)27(18)30(32,2)3/h7-11,17,20-25,28,37H,12-16H2,1-6H3,(H,33,34)/t20?,21?,22?,23-,24+,25?,28?,31?,32?/m1/s1. The van der Waals surface area contributed by atoms with E-state index in [1.165, 1.54) is 7.11 Å². The largest absolute Gasteiger partial charge is 0.458 e. The van der Waals surface area contributed by atoms with E-state index in [0.717, 1.165) is 5.56 Å². The predicted molar refractivity (Wildman–Crippen MR) is 150 cm³/mol. The summed E-state index contributed by atoms with van der Waals surface area (Å²) in [7, 11) is 3.14. The van der Waals surface area contributed by atoms with Gasteiger partial charge in [-0.3, -0.25) is 14.4 Å². The molecule has 1 aromatic carbocycles. The summed E-state index contributed by atoms with van der Waals surface area (Å²) in [5.74, 6) is -0.670. The van der Waals surface area contributed by atoms with Crippen molar-refractivity contribution in [2.75, 3.05) is 20.8 Å². The molecule has 0 aromatic heterocycles. The Morgan fingerprint density at radius 2 is 1.88 bits per heavy atom. The van der Waals surface area contributed by atoms with Gasteiger partial charge in [0.1, 0.15) is 12.2 Å². The summed E-state index contributed by atoms with van der Waals surface area (Å²) in [6.45, 7) is 8.27. The minimum absolute atomic E-state index is 0.0211. The first-order valence-electron chi connectivity index (χ1n) is 14.5. The Morgan fingerprint density at radius 3 is 2.46 bits per heavy atom. The van der Waals surface area contributed by atoms with Crippen molar-refractivity contribution in [2.45, 2.75) is 89.4 Å². The molecule has 2 saturated carbocycles. The van der Waals surface area contributed by atoms with Gasteiger partial charge < -0.3 is 29.4 Å². The number of ketones is 1. The van der Waals surface area contributed by atoms with E-state index >= 15 is 0 Å². The van der Waals surface area contributed by atoms with Crippen LogP contribution in [-0.2, 0) is 33.3 Å². The molecule has 1 aliphatic heterocycles. The Labute approximate surface area is 241 Å². The van der Waals surface area contributed by atoms with Crippen molar-refractivity contribution < 1.29 is 38.4 Å². The molecule has 4 aliphatic rings. The monoisotopic (exact) mass is 569 g/mol. The molecule has 9 nitrogen and oxygen atoms in total. The summed E-state index contributed by atoms with van der Waals surface area (Å²) in [5.41, 5.74) is -0.863. The van der Waals surface area contributed by atoms with E-state index in [0.29, 0.717) is 37.0 Å². The highest BCUT2D eigenvalue weighted by Gasteiger charge is 2.67. The van der Waals surface area contributed by atoms with Gasteiger partial charge in [-0.2, -0.15) is 0 Å². The third-order valence-electron chi connectivity index (χ3n) is 10.9. The van der Waals surface area contributed by atoms with Gasteiger partial charge in [0.15, 0.2) is 5.78 Å². The number of rotatable bonds is 8. The minimum Gasteiger partial charge on any atom is -0.458 e. The quantitative estimate of drug-likeness (QED) is 0.278. The van der Waals surface area contributed by atoms with Crippen molar-refractivity contribution in [2.24, 2.45) is 22.7 Å². The third kappa shape index (κ3) is 4.65. The molecule has 9 heteroatoms. The zero-order valence-electron chi connectivity index (χ0n) is 24.8. The summed E-state index contributed by atoms with van der Waals surface area (Å²) in [4.78, 5) is 39.2. The number of carbonyl (C=O) groups excluding carboxylic acids is 3. The summed E-state index contributed by atoms with van der Waals surface area (Å²) >= 11 is 0. The summed E-state index contributed by atoms with van der Waals surface area (Å²) in [5, 5.41) is 15.3. The smallest absolute Gasteiger partial charge is 0.308 e. The van der Waals surface area contributed by atoms with Gasteiger partial charge >= 0.3 is 5.97 Å². The average molecular weight is 570 g/mol. The number of nitrogens with one attached hydrogen (secondary N) is 1. The fraction of sp³-hybridized carbons (Fsp3) is 0.656. The van der Waals surface area contributed by atoms with Crippen LogP contribution in [0.25, 0.3) is 0 Å². The van der Waals surface area contributed by atoms with Crippen LogP contribution in [0.4, 0.5) is 0 Å². The Kier molecular flexibility index (Phi) is 7.96. The van der Waals surface area contributed by atoms with Crippen molar-refractivity contribution in [3.05, 3.63) is 47.0 Å². The maximum absolute atomic E-state index is 14.6.